The lowest BCUT2D eigenvalue weighted by Gasteiger charge is -2.07. The van der Waals surface area contributed by atoms with Crippen LogP contribution in [0, 0.1) is 17.5 Å². The van der Waals surface area contributed by atoms with Crippen molar-refractivity contribution in [1.82, 2.24) is 0 Å². The largest absolute Gasteiger partial charge is 0.478 e. The Morgan fingerprint density at radius 1 is 1.05 bits per heavy atom. The van der Waals surface area contributed by atoms with Gasteiger partial charge >= 0.3 is 5.97 Å². The van der Waals surface area contributed by atoms with Gasteiger partial charge < -0.3 is 5.11 Å². The molecule has 1 N–H and O–H groups in total. The molecule has 2 aromatic rings. The van der Waals surface area contributed by atoms with Gasteiger partial charge in [0.15, 0.2) is 0 Å². The Morgan fingerprint density at radius 2 is 1.63 bits per heavy atom. The molecule has 0 aliphatic heterocycles. The van der Waals surface area contributed by atoms with Crippen LogP contribution in [0.3, 0.4) is 0 Å². The van der Waals surface area contributed by atoms with Crippen LogP contribution in [0.25, 0.3) is 11.1 Å². The molecule has 0 radical (unpaired) electrons. The Morgan fingerprint density at radius 3 is 2.11 bits per heavy atom. The minimum Gasteiger partial charge on any atom is -0.478 e. The summed E-state index contributed by atoms with van der Waals surface area (Å²) in [6.45, 7) is 0. The molecule has 0 bridgehead atoms. The monoisotopic (exact) mass is 286 g/mol. The molecule has 98 valence electrons. The number of rotatable bonds is 2. The number of benzene rings is 2. The first kappa shape index (κ1) is 13.4. The molecule has 2 nitrogen and oxygen atoms in total. The van der Waals surface area contributed by atoms with Crippen molar-refractivity contribution in [1.29, 1.82) is 0 Å². The molecule has 0 unspecified atom stereocenters. The average molecular weight is 287 g/mol. The van der Waals surface area contributed by atoms with Crippen molar-refractivity contribution in [3.63, 3.8) is 0 Å². The second-order valence-corrected chi connectivity index (χ2v) is 4.15. The topological polar surface area (TPSA) is 37.3 Å². The number of carbonyl (C=O) groups is 1. The van der Waals surface area contributed by atoms with Gasteiger partial charge in [-0.25, -0.2) is 18.0 Å². The molecule has 0 aliphatic carbocycles. The Balaban J connectivity index is 2.61. The third-order valence-electron chi connectivity index (χ3n) is 2.50. The van der Waals surface area contributed by atoms with Crippen molar-refractivity contribution in [2.45, 2.75) is 0 Å². The predicted octanol–water partition coefficient (Wildman–Crippen LogP) is 4.12. The van der Waals surface area contributed by atoms with E-state index in [2.05, 4.69) is 0 Å². The summed E-state index contributed by atoms with van der Waals surface area (Å²) >= 11 is 5.71. The molecule has 0 spiro atoms. The fourth-order valence-electron chi connectivity index (χ4n) is 1.66. The number of hydrogen-bond donors (Lipinski definition) is 1. The van der Waals surface area contributed by atoms with Crippen LogP contribution >= 0.6 is 11.6 Å². The molecule has 0 amide bonds. The molecule has 2 rings (SSSR count). The fraction of sp³-hybridized carbons (Fsp3) is 0. The first-order valence-corrected chi connectivity index (χ1v) is 5.45. The third kappa shape index (κ3) is 2.56. The van der Waals surface area contributed by atoms with Crippen LogP contribution in [0.5, 0.6) is 0 Å². The summed E-state index contributed by atoms with van der Waals surface area (Å²) in [5.74, 6) is -4.46. The van der Waals surface area contributed by atoms with E-state index in [1.807, 2.05) is 0 Å². The van der Waals surface area contributed by atoms with Gasteiger partial charge in [0.2, 0.25) is 0 Å². The highest BCUT2D eigenvalue weighted by Gasteiger charge is 2.16. The van der Waals surface area contributed by atoms with E-state index < -0.39 is 29.0 Å². The maximum atomic E-state index is 13.5. The third-order valence-corrected chi connectivity index (χ3v) is 2.81. The lowest BCUT2D eigenvalue weighted by Crippen LogP contribution is -1.98. The summed E-state index contributed by atoms with van der Waals surface area (Å²) in [6, 6.07) is 4.52. The summed E-state index contributed by atoms with van der Waals surface area (Å²) in [4.78, 5) is 10.8. The molecule has 19 heavy (non-hydrogen) atoms. The molecule has 0 aromatic heterocycles. The van der Waals surface area contributed by atoms with Crippen LogP contribution in [0.1, 0.15) is 10.4 Å². The van der Waals surface area contributed by atoms with Crippen molar-refractivity contribution in [3.8, 4) is 11.1 Å². The number of aromatic carboxylic acids is 1. The van der Waals surface area contributed by atoms with E-state index in [1.165, 1.54) is 6.07 Å². The van der Waals surface area contributed by atoms with Crippen LogP contribution < -0.4 is 0 Å². The summed E-state index contributed by atoms with van der Waals surface area (Å²) in [6.07, 6.45) is 0. The van der Waals surface area contributed by atoms with Gasteiger partial charge in [-0.15, -0.1) is 0 Å². The first-order valence-electron chi connectivity index (χ1n) is 5.08. The Hall–Kier alpha value is -2.01. The van der Waals surface area contributed by atoms with E-state index in [0.717, 1.165) is 12.1 Å². The number of carboxylic acids is 1. The van der Waals surface area contributed by atoms with Crippen molar-refractivity contribution in [2.75, 3.05) is 0 Å². The Bertz CT molecular complexity index is 648. The molecule has 0 atom stereocenters. The Labute approximate surface area is 111 Å². The van der Waals surface area contributed by atoms with Crippen LogP contribution in [-0.2, 0) is 0 Å². The van der Waals surface area contributed by atoms with E-state index in [0.29, 0.717) is 12.1 Å². The molecule has 2 aromatic carbocycles. The van der Waals surface area contributed by atoms with Gasteiger partial charge in [-0.2, -0.15) is 0 Å². The summed E-state index contributed by atoms with van der Waals surface area (Å²) in [5, 5.41) is 8.63. The first-order chi connectivity index (χ1) is 8.90. The maximum absolute atomic E-state index is 13.5. The highest BCUT2D eigenvalue weighted by atomic mass is 35.5. The quantitative estimate of drug-likeness (QED) is 0.901. The van der Waals surface area contributed by atoms with Crippen molar-refractivity contribution in [3.05, 3.63) is 58.4 Å². The molecule has 0 fully saturated rings. The van der Waals surface area contributed by atoms with Gasteiger partial charge in [-0.3, -0.25) is 0 Å². The van der Waals surface area contributed by atoms with E-state index in [-0.39, 0.29) is 16.1 Å². The molecular weight excluding hydrogens is 281 g/mol. The highest BCUT2D eigenvalue weighted by Crippen LogP contribution is 2.30. The molecule has 0 aliphatic rings. The van der Waals surface area contributed by atoms with Gasteiger partial charge in [0.1, 0.15) is 17.5 Å². The van der Waals surface area contributed by atoms with E-state index in [9.17, 15) is 18.0 Å². The minimum atomic E-state index is -1.25. The molecular formula is C13H6ClF3O2. The molecule has 0 saturated heterocycles. The van der Waals surface area contributed by atoms with Crippen molar-refractivity contribution < 1.29 is 23.1 Å². The van der Waals surface area contributed by atoms with Crippen LogP contribution in [-0.4, -0.2) is 11.1 Å². The van der Waals surface area contributed by atoms with Crippen molar-refractivity contribution >= 4 is 17.6 Å². The number of carboxylic acid groups (broad SMARTS) is 1. The van der Waals surface area contributed by atoms with Gasteiger partial charge in [0.05, 0.1) is 16.1 Å². The molecule has 6 heteroatoms. The Kier molecular flexibility index (Phi) is 3.48. The minimum absolute atomic E-state index is 0.0324. The van der Waals surface area contributed by atoms with Crippen LogP contribution in [0.2, 0.25) is 5.02 Å². The lowest BCUT2D eigenvalue weighted by molar-refractivity contribution is 0.0697. The SMILES string of the molecule is O=C(O)c1ccc(-c2c(F)cc(F)cc2F)cc1Cl. The fourth-order valence-corrected chi connectivity index (χ4v) is 1.92. The normalized spacial score (nSPS) is 10.5. The average Bonchev–Trinajstić information content (AvgIpc) is 2.26. The number of halogens is 4. The maximum Gasteiger partial charge on any atom is 0.337 e. The van der Waals surface area contributed by atoms with Gasteiger partial charge in [0.25, 0.3) is 0 Å². The summed E-state index contributed by atoms with van der Waals surface area (Å²) < 4.78 is 39.9. The zero-order chi connectivity index (χ0) is 14.2. The highest BCUT2D eigenvalue weighted by molar-refractivity contribution is 6.33. The van der Waals surface area contributed by atoms with Gasteiger partial charge in [-0.05, 0) is 17.7 Å². The zero-order valence-electron chi connectivity index (χ0n) is 9.25. The van der Waals surface area contributed by atoms with Crippen LogP contribution in [0.15, 0.2) is 30.3 Å². The van der Waals surface area contributed by atoms with Crippen molar-refractivity contribution in [2.24, 2.45) is 0 Å². The predicted molar refractivity (Wildman–Crippen MR) is 63.7 cm³/mol. The smallest absolute Gasteiger partial charge is 0.337 e. The molecule has 0 heterocycles. The lowest BCUT2D eigenvalue weighted by atomic mass is 10.0. The van der Waals surface area contributed by atoms with Gasteiger partial charge in [0, 0.05) is 12.1 Å². The second kappa shape index (κ2) is 4.93. The van der Waals surface area contributed by atoms with Gasteiger partial charge in [-0.1, -0.05) is 17.7 Å². The summed E-state index contributed by atoms with van der Waals surface area (Å²) in [5.41, 5.74) is -0.612. The van der Waals surface area contributed by atoms with E-state index in [1.54, 1.807) is 0 Å². The zero-order valence-corrected chi connectivity index (χ0v) is 10.0. The standard InChI is InChI=1S/C13H6ClF3O2/c14-9-3-6(1-2-8(9)13(18)19)12-10(16)4-7(15)5-11(12)17/h1-5H,(H,18,19). The second-order valence-electron chi connectivity index (χ2n) is 3.74. The molecule has 0 saturated carbocycles. The van der Waals surface area contributed by atoms with Crippen LogP contribution in [0.4, 0.5) is 13.2 Å². The summed E-state index contributed by atoms with van der Waals surface area (Å²) in [7, 11) is 0. The van der Waals surface area contributed by atoms with E-state index in [4.69, 9.17) is 16.7 Å². The van der Waals surface area contributed by atoms with E-state index >= 15 is 0 Å². The number of hydrogen-bond acceptors (Lipinski definition) is 1.